The first kappa shape index (κ1) is 31.9. The zero-order chi connectivity index (χ0) is 31.5. The number of guanidine groups is 2. The van der Waals surface area contributed by atoms with Crippen molar-refractivity contribution in [2.45, 2.75) is 18.9 Å². The first-order valence-electron chi connectivity index (χ1n) is 13.2. The zero-order valence-corrected chi connectivity index (χ0v) is 23.2. The number of amides is 4. The summed E-state index contributed by atoms with van der Waals surface area (Å²) in [5.74, 6) is -3.60. The van der Waals surface area contributed by atoms with Gasteiger partial charge < -0.3 is 47.6 Å². The number of piperazine rings is 1. The summed E-state index contributed by atoms with van der Waals surface area (Å²) in [6.07, 6.45) is 0.463. The van der Waals surface area contributed by atoms with Crippen molar-refractivity contribution in [1.29, 1.82) is 10.8 Å². The molecule has 2 aromatic carbocycles. The molecular formula is C27H34N10O6. The normalized spacial score (nSPS) is 14.4. The number of carbonyl (C=O) groups excluding carboxylic acids is 4. The molecule has 0 aromatic heterocycles. The number of carboxylic acids is 1. The van der Waals surface area contributed by atoms with Crippen LogP contribution in [0.4, 0.5) is 11.4 Å². The van der Waals surface area contributed by atoms with Gasteiger partial charge in [-0.05, 0) is 61.4 Å². The van der Waals surface area contributed by atoms with E-state index < -0.39 is 36.3 Å². The van der Waals surface area contributed by atoms with Gasteiger partial charge in [-0.25, -0.2) is 0 Å². The molecule has 0 aliphatic carbocycles. The summed E-state index contributed by atoms with van der Waals surface area (Å²) in [6.45, 7) is -0.607. The van der Waals surface area contributed by atoms with E-state index in [4.69, 9.17) is 22.3 Å². The SMILES string of the molecule is N=C(N)Nc1ccc(C(=O)NCCC[C@H]2C(=O)N(CC(=O)O)CCN2C(=O)CNC(=O)c2ccc(NC(=N)N)cc2)cc1. The molecule has 0 spiro atoms. The lowest BCUT2D eigenvalue weighted by Gasteiger charge is -2.40. The molecule has 4 amide bonds. The van der Waals surface area contributed by atoms with E-state index in [1.807, 2.05) is 0 Å². The lowest BCUT2D eigenvalue weighted by atomic mass is 10.0. The Hall–Kier alpha value is -5.67. The number of benzene rings is 2. The monoisotopic (exact) mass is 594 g/mol. The van der Waals surface area contributed by atoms with Crippen molar-refractivity contribution >= 4 is 52.9 Å². The van der Waals surface area contributed by atoms with Crippen LogP contribution in [0.1, 0.15) is 33.6 Å². The Morgan fingerprint density at radius 2 is 1.35 bits per heavy atom. The number of hydrogen-bond acceptors (Lipinski definition) is 7. The molecule has 16 heteroatoms. The van der Waals surface area contributed by atoms with Crippen molar-refractivity contribution in [2.24, 2.45) is 11.5 Å². The Bertz CT molecular complexity index is 1380. The fourth-order valence-electron chi connectivity index (χ4n) is 4.42. The maximum Gasteiger partial charge on any atom is 0.323 e. The highest BCUT2D eigenvalue weighted by Gasteiger charge is 2.37. The molecule has 3 rings (SSSR count). The van der Waals surface area contributed by atoms with Crippen LogP contribution >= 0.6 is 0 Å². The van der Waals surface area contributed by atoms with Crippen molar-refractivity contribution in [3.05, 3.63) is 59.7 Å². The second-order valence-corrected chi connectivity index (χ2v) is 9.57. The van der Waals surface area contributed by atoms with Crippen LogP contribution in [0.2, 0.25) is 0 Å². The number of carbonyl (C=O) groups is 5. The fraction of sp³-hybridized carbons (Fsp3) is 0.296. The molecule has 1 fully saturated rings. The van der Waals surface area contributed by atoms with Crippen molar-refractivity contribution in [2.75, 3.05) is 43.4 Å². The van der Waals surface area contributed by atoms with Crippen molar-refractivity contribution in [3.8, 4) is 0 Å². The van der Waals surface area contributed by atoms with Crippen LogP contribution in [0, 0.1) is 10.8 Å². The number of nitrogens with one attached hydrogen (secondary N) is 6. The second-order valence-electron chi connectivity index (χ2n) is 9.57. The standard InChI is InChI=1S/C27H34N10O6/c28-26(29)34-18-7-3-16(4-8-18)23(41)32-11-1-2-20-25(43)36(15-22(39)40)12-13-37(20)21(38)14-33-24(42)17-5-9-19(10-6-17)35-27(30)31/h3-10,20H,1-2,11-15H2,(H,32,41)(H,33,42)(H,39,40)(H4,28,29,34)(H4,30,31,35)/t20-/m0/s1. The fourth-order valence-corrected chi connectivity index (χ4v) is 4.42. The molecule has 0 bridgehead atoms. The van der Waals surface area contributed by atoms with Gasteiger partial charge in [0.05, 0.1) is 6.54 Å². The molecule has 1 atom stereocenters. The summed E-state index contributed by atoms with van der Waals surface area (Å²) < 4.78 is 0. The third-order valence-electron chi connectivity index (χ3n) is 6.42. The predicted octanol–water partition coefficient (Wildman–Crippen LogP) is -0.639. The van der Waals surface area contributed by atoms with Crippen molar-refractivity contribution in [3.63, 3.8) is 0 Å². The summed E-state index contributed by atoms with van der Waals surface area (Å²) in [7, 11) is 0. The largest absolute Gasteiger partial charge is 0.480 e. The van der Waals surface area contributed by atoms with E-state index in [1.54, 1.807) is 36.4 Å². The molecule has 16 nitrogen and oxygen atoms in total. The molecule has 228 valence electrons. The zero-order valence-electron chi connectivity index (χ0n) is 23.2. The van der Waals surface area contributed by atoms with E-state index in [1.165, 1.54) is 21.9 Å². The summed E-state index contributed by atoms with van der Waals surface area (Å²) in [6, 6.07) is 11.4. The van der Waals surface area contributed by atoms with Gasteiger partial charge in [-0.2, -0.15) is 0 Å². The summed E-state index contributed by atoms with van der Waals surface area (Å²) in [5, 5.41) is 34.2. The van der Waals surface area contributed by atoms with E-state index in [2.05, 4.69) is 21.3 Å². The van der Waals surface area contributed by atoms with Gasteiger partial charge in [0, 0.05) is 42.1 Å². The molecule has 1 aliphatic heterocycles. The molecule has 1 aliphatic rings. The topological polar surface area (TPSA) is 260 Å². The summed E-state index contributed by atoms with van der Waals surface area (Å²) >= 11 is 0. The molecule has 1 heterocycles. The van der Waals surface area contributed by atoms with E-state index in [0.717, 1.165) is 0 Å². The van der Waals surface area contributed by atoms with Gasteiger partial charge in [-0.3, -0.25) is 34.8 Å². The molecule has 1 saturated heterocycles. The molecule has 0 unspecified atom stereocenters. The molecule has 43 heavy (non-hydrogen) atoms. The number of aliphatic carboxylic acids is 1. The maximum atomic E-state index is 13.1. The van der Waals surface area contributed by atoms with Crippen molar-refractivity contribution < 1.29 is 29.1 Å². The molecule has 0 radical (unpaired) electrons. The number of nitrogens with two attached hydrogens (primary N) is 2. The van der Waals surface area contributed by atoms with E-state index in [0.29, 0.717) is 23.4 Å². The predicted molar refractivity (Wildman–Crippen MR) is 158 cm³/mol. The minimum atomic E-state index is -1.18. The Morgan fingerprint density at radius 3 is 1.84 bits per heavy atom. The van der Waals surface area contributed by atoms with Crippen LogP contribution in [-0.2, 0) is 14.4 Å². The van der Waals surface area contributed by atoms with Gasteiger partial charge in [0.1, 0.15) is 12.6 Å². The minimum Gasteiger partial charge on any atom is -0.480 e. The lowest BCUT2D eigenvalue weighted by molar-refractivity contribution is -0.155. The van der Waals surface area contributed by atoms with Gasteiger partial charge in [0.2, 0.25) is 11.8 Å². The van der Waals surface area contributed by atoms with Crippen LogP contribution < -0.4 is 32.7 Å². The van der Waals surface area contributed by atoms with Gasteiger partial charge >= 0.3 is 5.97 Å². The first-order valence-corrected chi connectivity index (χ1v) is 13.2. The Morgan fingerprint density at radius 1 is 0.837 bits per heavy atom. The van der Waals surface area contributed by atoms with E-state index in [9.17, 15) is 29.1 Å². The van der Waals surface area contributed by atoms with Gasteiger partial charge in [0.15, 0.2) is 11.9 Å². The third kappa shape index (κ3) is 9.44. The summed E-state index contributed by atoms with van der Waals surface area (Å²) in [5.41, 5.74) is 12.3. The average molecular weight is 595 g/mol. The number of rotatable bonds is 12. The molecule has 2 aromatic rings. The van der Waals surface area contributed by atoms with E-state index in [-0.39, 0.29) is 56.0 Å². The highest BCUT2D eigenvalue weighted by Crippen LogP contribution is 2.17. The lowest BCUT2D eigenvalue weighted by Crippen LogP contribution is -2.60. The number of hydrogen-bond donors (Lipinski definition) is 9. The molecule has 0 saturated carbocycles. The highest BCUT2D eigenvalue weighted by atomic mass is 16.4. The number of nitrogens with zero attached hydrogens (tertiary/aromatic N) is 2. The number of anilines is 2. The van der Waals surface area contributed by atoms with Crippen LogP contribution in [0.25, 0.3) is 0 Å². The van der Waals surface area contributed by atoms with Crippen LogP contribution in [0.15, 0.2) is 48.5 Å². The first-order chi connectivity index (χ1) is 20.4. The Kier molecular flexibility index (Phi) is 11.0. The quantitative estimate of drug-likeness (QED) is 0.0852. The van der Waals surface area contributed by atoms with E-state index >= 15 is 0 Å². The smallest absolute Gasteiger partial charge is 0.323 e. The van der Waals surface area contributed by atoms with Crippen LogP contribution in [-0.4, -0.2) is 95.2 Å². The molecular weight excluding hydrogens is 560 g/mol. The molecule has 11 N–H and O–H groups in total. The van der Waals surface area contributed by atoms with Crippen molar-refractivity contribution in [1.82, 2.24) is 20.4 Å². The number of carboxylic acid groups (broad SMARTS) is 1. The van der Waals surface area contributed by atoms with Gasteiger partial charge in [-0.1, -0.05) is 0 Å². The third-order valence-corrected chi connectivity index (χ3v) is 6.42. The second kappa shape index (κ2) is 14.8. The maximum absolute atomic E-state index is 13.1. The Balaban J connectivity index is 1.57. The average Bonchev–Trinajstić information content (AvgIpc) is 2.95. The minimum absolute atomic E-state index is 0.0249. The van der Waals surface area contributed by atoms with Crippen LogP contribution in [0.5, 0.6) is 0 Å². The van der Waals surface area contributed by atoms with Crippen LogP contribution in [0.3, 0.4) is 0 Å². The summed E-state index contributed by atoms with van der Waals surface area (Å²) in [4.78, 5) is 65.1. The van der Waals surface area contributed by atoms with Gasteiger partial charge in [-0.15, -0.1) is 0 Å². The van der Waals surface area contributed by atoms with Gasteiger partial charge in [0.25, 0.3) is 11.8 Å². The highest BCUT2D eigenvalue weighted by molar-refractivity contribution is 5.98. The Labute approximate surface area is 246 Å².